The zero-order valence-corrected chi connectivity index (χ0v) is 13.0. The quantitative estimate of drug-likeness (QED) is 0.803. The van der Waals surface area contributed by atoms with Crippen LogP contribution in [0.4, 0.5) is 0 Å². The summed E-state index contributed by atoms with van der Waals surface area (Å²) < 4.78 is 46.6. The number of hydrogen-bond acceptors (Lipinski definition) is 4. The van der Waals surface area contributed by atoms with Gasteiger partial charge in [0.2, 0.25) is 10.0 Å². The van der Waals surface area contributed by atoms with E-state index in [1.54, 1.807) is 19.1 Å². The molecule has 1 N–H and O–H groups in total. The van der Waals surface area contributed by atoms with Gasteiger partial charge in [0, 0.05) is 16.7 Å². The molecule has 1 rings (SSSR count). The van der Waals surface area contributed by atoms with Gasteiger partial charge in [-0.2, -0.15) is 0 Å². The van der Waals surface area contributed by atoms with E-state index in [1.807, 2.05) is 0 Å². The van der Waals surface area contributed by atoms with Gasteiger partial charge in [-0.3, -0.25) is 0 Å². The molecule has 1 aromatic carbocycles. The van der Waals surface area contributed by atoms with E-state index >= 15 is 0 Å². The summed E-state index contributed by atoms with van der Waals surface area (Å²) in [5, 5.41) is 0. The molecule has 0 aliphatic heterocycles. The van der Waals surface area contributed by atoms with Gasteiger partial charge in [0.25, 0.3) is 9.05 Å². The highest BCUT2D eigenvalue weighted by molar-refractivity contribution is 8.13. The van der Waals surface area contributed by atoms with Crippen LogP contribution in [0.15, 0.2) is 29.2 Å². The van der Waals surface area contributed by atoms with E-state index in [-0.39, 0.29) is 10.9 Å². The van der Waals surface area contributed by atoms with E-state index in [0.29, 0.717) is 12.8 Å². The van der Waals surface area contributed by atoms with Crippen molar-refractivity contribution in [2.24, 2.45) is 0 Å². The Balaban J connectivity index is 2.60. The van der Waals surface area contributed by atoms with Gasteiger partial charge < -0.3 is 0 Å². The van der Waals surface area contributed by atoms with Crippen molar-refractivity contribution in [3.63, 3.8) is 0 Å². The lowest BCUT2D eigenvalue weighted by atomic mass is 10.1. The van der Waals surface area contributed by atoms with E-state index in [4.69, 9.17) is 10.7 Å². The fourth-order valence-corrected chi connectivity index (χ4v) is 3.24. The SMILES string of the molecule is CC(CCc1ccc(S(=O)(=O)Cl)cc1)NS(C)(=O)=O. The van der Waals surface area contributed by atoms with Crippen LogP contribution in [0.3, 0.4) is 0 Å². The van der Waals surface area contributed by atoms with Crippen LogP contribution in [0, 0.1) is 0 Å². The van der Waals surface area contributed by atoms with Crippen molar-refractivity contribution in [2.45, 2.75) is 30.7 Å². The second-order valence-corrected chi connectivity index (χ2v) is 8.76. The summed E-state index contributed by atoms with van der Waals surface area (Å²) >= 11 is 0. The second kappa shape index (κ2) is 6.21. The lowest BCUT2D eigenvalue weighted by Gasteiger charge is -2.11. The molecule has 1 aromatic rings. The molecule has 5 nitrogen and oxygen atoms in total. The molecule has 8 heteroatoms. The lowest BCUT2D eigenvalue weighted by molar-refractivity contribution is 0.552. The molecule has 0 fully saturated rings. The summed E-state index contributed by atoms with van der Waals surface area (Å²) in [6, 6.07) is 6.04. The van der Waals surface area contributed by atoms with Crippen molar-refractivity contribution in [2.75, 3.05) is 6.26 Å². The third-order valence-electron chi connectivity index (χ3n) is 2.49. The van der Waals surface area contributed by atoms with E-state index in [2.05, 4.69) is 4.72 Å². The fourth-order valence-electron chi connectivity index (χ4n) is 1.63. The summed E-state index contributed by atoms with van der Waals surface area (Å²) in [6.45, 7) is 1.78. The molecule has 0 amide bonds. The van der Waals surface area contributed by atoms with Crippen LogP contribution >= 0.6 is 10.7 Å². The number of aryl methyl sites for hydroxylation is 1. The van der Waals surface area contributed by atoms with Gasteiger partial charge >= 0.3 is 0 Å². The number of benzene rings is 1. The summed E-state index contributed by atoms with van der Waals surface area (Å²) in [6.07, 6.45) is 2.38. The molecule has 0 bridgehead atoms. The van der Waals surface area contributed by atoms with Gasteiger partial charge in [-0.1, -0.05) is 12.1 Å². The van der Waals surface area contributed by atoms with Crippen molar-refractivity contribution < 1.29 is 16.8 Å². The molecule has 0 aliphatic rings. The third-order valence-corrected chi connectivity index (χ3v) is 4.69. The normalized spacial score (nSPS) is 14.3. The van der Waals surface area contributed by atoms with Crippen molar-refractivity contribution in [1.29, 1.82) is 0 Å². The van der Waals surface area contributed by atoms with Gasteiger partial charge in [-0.15, -0.1) is 0 Å². The molecule has 0 spiro atoms. The molecule has 0 aromatic heterocycles. The minimum absolute atomic E-state index is 0.0558. The molecule has 19 heavy (non-hydrogen) atoms. The molecule has 0 saturated heterocycles. The molecule has 0 saturated carbocycles. The van der Waals surface area contributed by atoms with Crippen LogP contribution in [0.25, 0.3) is 0 Å². The standard InChI is InChI=1S/C11H16ClNO4S2/c1-9(13-18(2,14)15)3-4-10-5-7-11(8-6-10)19(12,16)17/h5-9,13H,3-4H2,1-2H3. The molecular weight excluding hydrogens is 310 g/mol. The Labute approximate surface area is 118 Å². The summed E-state index contributed by atoms with van der Waals surface area (Å²) in [5.74, 6) is 0. The summed E-state index contributed by atoms with van der Waals surface area (Å²) in [7, 11) is -1.69. The van der Waals surface area contributed by atoms with Crippen LogP contribution in [0.5, 0.6) is 0 Å². The molecule has 0 aliphatic carbocycles. The summed E-state index contributed by atoms with van der Waals surface area (Å²) in [4.78, 5) is 0.0558. The molecule has 0 radical (unpaired) electrons. The predicted molar refractivity (Wildman–Crippen MR) is 75.2 cm³/mol. The Morgan fingerprint density at radius 3 is 2.11 bits per heavy atom. The molecule has 0 heterocycles. The van der Waals surface area contributed by atoms with E-state index < -0.39 is 19.1 Å². The zero-order valence-electron chi connectivity index (χ0n) is 10.6. The summed E-state index contributed by atoms with van der Waals surface area (Å²) in [5.41, 5.74) is 0.922. The monoisotopic (exact) mass is 325 g/mol. The first-order valence-corrected chi connectivity index (χ1v) is 9.79. The maximum absolute atomic E-state index is 11.1. The number of rotatable bonds is 6. The maximum atomic E-state index is 11.1. The first-order chi connectivity index (χ1) is 8.58. The fraction of sp³-hybridized carbons (Fsp3) is 0.455. The lowest BCUT2D eigenvalue weighted by Crippen LogP contribution is -2.31. The van der Waals surface area contributed by atoms with Gasteiger partial charge in [-0.05, 0) is 37.5 Å². The average molecular weight is 326 g/mol. The molecule has 1 unspecified atom stereocenters. The van der Waals surface area contributed by atoms with Gasteiger partial charge in [0.15, 0.2) is 0 Å². The highest BCUT2D eigenvalue weighted by Gasteiger charge is 2.11. The highest BCUT2D eigenvalue weighted by Crippen LogP contribution is 2.16. The number of hydrogen-bond donors (Lipinski definition) is 1. The van der Waals surface area contributed by atoms with Crippen LogP contribution in [0.1, 0.15) is 18.9 Å². The van der Waals surface area contributed by atoms with E-state index in [0.717, 1.165) is 11.8 Å². The van der Waals surface area contributed by atoms with Gasteiger partial charge in [0.05, 0.1) is 11.2 Å². The maximum Gasteiger partial charge on any atom is 0.261 e. The van der Waals surface area contributed by atoms with E-state index in [9.17, 15) is 16.8 Å². The Morgan fingerprint density at radius 1 is 1.16 bits per heavy atom. The van der Waals surface area contributed by atoms with E-state index in [1.165, 1.54) is 12.1 Å². The van der Waals surface area contributed by atoms with Crippen molar-refractivity contribution in [3.05, 3.63) is 29.8 Å². The Bertz CT molecular complexity index is 623. The molecule has 1 atom stereocenters. The van der Waals surface area contributed by atoms with Crippen LogP contribution in [-0.4, -0.2) is 29.1 Å². The molecular formula is C11H16ClNO4S2. The smallest absolute Gasteiger partial charge is 0.213 e. The number of nitrogens with one attached hydrogen (secondary N) is 1. The van der Waals surface area contributed by atoms with Crippen LogP contribution in [0.2, 0.25) is 0 Å². The number of halogens is 1. The van der Waals surface area contributed by atoms with Crippen molar-refractivity contribution in [1.82, 2.24) is 4.72 Å². The predicted octanol–water partition coefficient (Wildman–Crippen LogP) is 1.48. The topological polar surface area (TPSA) is 80.3 Å². The Hall–Kier alpha value is -0.630. The van der Waals surface area contributed by atoms with Gasteiger partial charge in [0.1, 0.15) is 0 Å². The average Bonchev–Trinajstić information content (AvgIpc) is 2.23. The minimum atomic E-state index is -3.69. The van der Waals surface area contributed by atoms with Crippen molar-refractivity contribution in [3.8, 4) is 0 Å². The third kappa shape index (κ3) is 6.38. The highest BCUT2D eigenvalue weighted by atomic mass is 35.7. The minimum Gasteiger partial charge on any atom is -0.213 e. The van der Waals surface area contributed by atoms with Crippen molar-refractivity contribution >= 4 is 29.8 Å². The second-order valence-electron chi connectivity index (χ2n) is 4.41. The first-order valence-electron chi connectivity index (χ1n) is 5.59. The Morgan fingerprint density at radius 2 is 1.68 bits per heavy atom. The van der Waals surface area contributed by atoms with Crippen LogP contribution < -0.4 is 4.72 Å². The van der Waals surface area contributed by atoms with Gasteiger partial charge in [-0.25, -0.2) is 21.6 Å². The zero-order chi connectivity index (χ0) is 14.7. The molecule has 108 valence electrons. The largest absolute Gasteiger partial charge is 0.261 e. The first kappa shape index (κ1) is 16.4. The Kier molecular flexibility index (Phi) is 5.37. The van der Waals surface area contributed by atoms with Crippen LogP contribution in [-0.2, 0) is 25.5 Å². The number of sulfonamides is 1.